The summed E-state index contributed by atoms with van der Waals surface area (Å²) in [6.45, 7) is 1.55. The first kappa shape index (κ1) is 12.6. The van der Waals surface area contributed by atoms with E-state index in [-0.39, 0.29) is 11.1 Å². The van der Waals surface area contributed by atoms with E-state index in [0.29, 0.717) is 0 Å². The van der Waals surface area contributed by atoms with Gasteiger partial charge in [-0.15, -0.1) is 0 Å². The number of hydrogen-bond acceptors (Lipinski definition) is 4. The zero-order chi connectivity index (χ0) is 12.3. The molecular weight excluding hydrogens is 285 g/mol. The first-order valence-corrected chi connectivity index (χ1v) is 5.07. The van der Waals surface area contributed by atoms with E-state index < -0.39 is 28.0 Å². The Balaban J connectivity index is 3.35. The second-order valence-corrected chi connectivity index (χ2v) is 3.67. The van der Waals surface area contributed by atoms with Gasteiger partial charge in [0.05, 0.1) is 11.5 Å². The normalized spacial score (nSPS) is 9.94. The summed E-state index contributed by atoms with van der Waals surface area (Å²) in [6.07, 6.45) is 0. The van der Waals surface area contributed by atoms with Gasteiger partial charge in [0, 0.05) is 10.5 Å². The van der Waals surface area contributed by atoms with Gasteiger partial charge in [-0.05, 0) is 13.0 Å². The Morgan fingerprint density at radius 3 is 2.75 bits per heavy atom. The molecule has 86 valence electrons. The molecular formula is C9H7BrFNO4. The number of hydrogen-bond donors (Lipinski definition) is 0. The molecule has 0 aliphatic rings. The van der Waals surface area contributed by atoms with Crippen molar-refractivity contribution in [3.63, 3.8) is 0 Å². The fourth-order valence-corrected chi connectivity index (χ4v) is 1.53. The molecule has 0 N–H and O–H groups in total. The monoisotopic (exact) mass is 291 g/mol. The van der Waals surface area contributed by atoms with E-state index in [1.54, 1.807) is 0 Å². The zero-order valence-electron chi connectivity index (χ0n) is 8.20. The van der Waals surface area contributed by atoms with Gasteiger partial charge < -0.3 is 4.74 Å². The number of esters is 1. The van der Waals surface area contributed by atoms with Crippen LogP contribution in [0.5, 0.6) is 0 Å². The summed E-state index contributed by atoms with van der Waals surface area (Å²) >= 11 is 2.91. The molecule has 0 unspecified atom stereocenters. The highest BCUT2D eigenvalue weighted by Gasteiger charge is 2.26. The topological polar surface area (TPSA) is 69.4 Å². The largest absolute Gasteiger partial charge is 0.462 e. The summed E-state index contributed by atoms with van der Waals surface area (Å²) in [6, 6.07) is 2.02. The van der Waals surface area contributed by atoms with Gasteiger partial charge in [0.1, 0.15) is 5.82 Å². The fraction of sp³-hybridized carbons (Fsp3) is 0.222. The molecule has 0 aliphatic carbocycles. The van der Waals surface area contributed by atoms with Crippen molar-refractivity contribution >= 4 is 27.6 Å². The smallest absolute Gasteiger partial charge is 0.348 e. The van der Waals surface area contributed by atoms with Crippen LogP contribution in [0.4, 0.5) is 10.1 Å². The highest BCUT2D eigenvalue weighted by molar-refractivity contribution is 9.10. The maximum atomic E-state index is 13.4. The molecule has 0 bridgehead atoms. The number of nitrogens with zero attached hydrogens (tertiary/aromatic N) is 1. The van der Waals surface area contributed by atoms with Gasteiger partial charge in [0.15, 0.2) is 5.56 Å². The minimum absolute atomic E-state index is 0.0193. The summed E-state index contributed by atoms with van der Waals surface area (Å²) in [5.41, 5.74) is -1.28. The molecule has 0 amide bonds. The SMILES string of the molecule is CCOC(=O)c1c(F)cc(Br)cc1[N+](=O)[O-]. The maximum Gasteiger partial charge on any atom is 0.348 e. The van der Waals surface area contributed by atoms with Crippen LogP contribution in [-0.2, 0) is 4.74 Å². The molecule has 0 aromatic heterocycles. The molecule has 0 saturated heterocycles. The third-order valence-electron chi connectivity index (χ3n) is 1.71. The first-order valence-electron chi connectivity index (χ1n) is 4.28. The lowest BCUT2D eigenvalue weighted by Gasteiger charge is -2.04. The van der Waals surface area contributed by atoms with Gasteiger partial charge in [-0.2, -0.15) is 0 Å². The minimum Gasteiger partial charge on any atom is -0.462 e. The van der Waals surface area contributed by atoms with E-state index in [1.165, 1.54) is 6.92 Å². The number of carbonyl (C=O) groups is 1. The molecule has 0 aliphatic heterocycles. The molecule has 0 radical (unpaired) electrons. The maximum absolute atomic E-state index is 13.4. The molecule has 7 heteroatoms. The van der Waals surface area contributed by atoms with E-state index in [0.717, 1.165) is 12.1 Å². The van der Waals surface area contributed by atoms with Crippen LogP contribution in [0.2, 0.25) is 0 Å². The molecule has 1 aromatic carbocycles. The molecule has 0 spiro atoms. The summed E-state index contributed by atoms with van der Waals surface area (Å²) in [5, 5.41) is 10.6. The minimum atomic E-state index is -1.04. The van der Waals surface area contributed by atoms with Crippen molar-refractivity contribution in [2.75, 3.05) is 6.61 Å². The Morgan fingerprint density at radius 2 is 2.25 bits per heavy atom. The van der Waals surface area contributed by atoms with Crippen LogP contribution >= 0.6 is 15.9 Å². The van der Waals surface area contributed by atoms with Crippen molar-refractivity contribution in [3.8, 4) is 0 Å². The predicted octanol–water partition coefficient (Wildman–Crippen LogP) is 2.67. The van der Waals surface area contributed by atoms with Crippen LogP contribution in [0.3, 0.4) is 0 Å². The summed E-state index contributed by atoms with van der Waals surface area (Å²) in [5.74, 6) is -2.03. The molecule has 5 nitrogen and oxygen atoms in total. The second kappa shape index (κ2) is 5.02. The van der Waals surface area contributed by atoms with Gasteiger partial charge in [-0.25, -0.2) is 9.18 Å². The molecule has 0 atom stereocenters. The Hall–Kier alpha value is -1.50. The molecule has 0 heterocycles. The van der Waals surface area contributed by atoms with Gasteiger partial charge in [0.25, 0.3) is 5.69 Å². The molecule has 1 rings (SSSR count). The fourth-order valence-electron chi connectivity index (χ4n) is 1.11. The predicted molar refractivity (Wildman–Crippen MR) is 56.7 cm³/mol. The molecule has 1 aromatic rings. The van der Waals surface area contributed by atoms with Crippen LogP contribution in [0.15, 0.2) is 16.6 Å². The van der Waals surface area contributed by atoms with Crippen molar-refractivity contribution in [1.29, 1.82) is 0 Å². The lowest BCUT2D eigenvalue weighted by atomic mass is 10.1. The Kier molecular flexibility index (Phi) is 3.94. The second-order valence-electron chi connectivity index (χ2n) is 2.76. The summed E-state index contributed by atoms with van der Waals surface area (Å²) < 4.78 is 18.1. The van der Waals surface area contributed by atoms with Crippen LogP contribution in [0, 0.1) is 15.9 Å². The number of nitro groups is 1. The first-order chi connectivity index (χ1) is 7.47. The molecule has 0 fully saturated rings. The van der Waals surface area contributed by atoms with Crippen molar-refractivity contribution in [2.45, 2.75) is 6.92 Å². The Bertz CT molecular complexity index is 449. The van der Waals surface area contributed by atoms with Crippen LogP contribution in [-0.4, -0.2) is 17.5 Å². The van der Waals surface area contributed by atoms with E-state index in [2.05, 4.69) is 20.7 Å². The van der Waals surface area contributed by atoms with Crippen molar-refractivity contribution in [3.05, 3.63) is 38.1 Å². The number of nitro benzene ring substituents is 1. The third-order valence-corrected chi connectivity index (χ3v) is 2.17. The highest BCUT2D eigenvalue weighted by atomic mass is 79.9. The third kappa shape index (κ3) is 2.54. The van der Waals surface area contributed by atoms with E-state index in [1.807, 2.05) is 0 Å². The van der Waals surface area contributed by atoms with Crippen LogP contribution in [0.1, 0.15) is 17.3 Å². The van der Waals surface area contributed by atoms with Gasteiger partial charge in [-0.3, -0.25) is 10.1 Å². The van der Waals surface area contributed by atoms with Crippen molar-refractivity contribution < 1.29 is 18.8 Å². The lowest BCUT2D eigenvalue weighted by molar-refractivity contribution is -0.385. The Labute approximate surface area is 98.5 Å². The van der Waals surface area contributed by atoms with E-state index >= 15 is 0 Å². The number of rotatable bonds is 3. The van der Waals surface area contributed by atoms with Crippen molar-refractivity contribution in [2.24, 2.45) is 0 Å². The van der Waals surface area contributed by atoms with Crippen molar-refractivity contribution in [1.82, 2.24) is 0 Å². The van der Waals surface area contributed by atoms with Gasteiger partial charge in [-0.1, -0.05) is 15.9 Å². The number of carbonyl (C=O) groups excluding carboxylic acids is 1. The summed E-state index contributed by atoms with van der Waals surface area (Å²) in [7, 11) is 0. The molecule has 0 saturated carbocycles. The molecule has 16 heavy (non-hydrogen) atoms. The number of ether oxygens (including phenoxy) is 1. The van der Waals surface area contributed by atoms with Crippen LogP contribution in [0.25, 0.3) is 0 Å². The quantitative estimate of drug-likeness (QED) is 0.488. The average molecular weight is 292 g/mol. The van der Waals surface area contributed by atoms with E-state index in [9.17, 15) is 19.3 Å². The standard InChI is InChI=1S/C9H7BrFNO4/c1-2-16-9(13)8-6(11)3-5(10)4-7(8)12(14)15/h3-4H,2H2,1H3. The van der Waals surface area contributed by atoms with Crippen LogP contribution < -0.4 is 0 Å². The van der Waals surface area contributed by atoms with Gasteiger partial charge >= 0.3 is 5.97 Å². The average Bonchev–Trinajstić information content (AvgIpc) is 2.16. The van der Waals surface area contributed by atoms with Gasteiger partial charge in [0.2, 0.25) is 0 Å². The summed E-state index contributed by atoms with van der Waals surface area (Å²) in [4.78, 5) is 21.1. The Morgan fingerprint density at radius 1 is 1.62 bits per heavy atom. The zero-order valence-corrected chi connectivity index (χ0v) is 9.78. The number of halogens is 2. The van der Waals surface area contributed by atoms with E-state index in [4.69, 9.17) is 0 Å². The lowest BCUT2D eigenvalue weighted by Crippen LogP contribution is -2.10. The highest BCUT2D eigenvalue weighted by Crippen LogP contribution is 2.27. The number of benzene rings is 1.